The molecule has 0 radical (unpaired) electrons. The van der Waals surface area contributed by atoms with Crippen molar-refractivity contribution in [3.8, 4) is 0 Å². The molecule has 1 fully saturated rings. The minimum atomic E-state index is 0.562. The molecule has 17 heavy (non-hydrogen) atoms. The number of hydrogen-bond acceptors (Lipinski definition) is 3. The molecule has 4 heteroatoms. The van der Waals surface area contributed by atoms with Crippen LogP contribution in [-0.4, -0.2) is 48.0 Å². The smallest absolute Gasteiger partial charge is 0.129 e. The minimum Gasteiger partial charge on any atom is -0.302 e. The van der Waals surface area contributed by atoms with Crippen LogP contribution in [0.4, 0.5) is 0 Å². The van der Waals surface area contributed by atoms with E-state index in [2.05, 4.69) is 28.9 Å². The molecule has 0 spiro atoms. The summed E-state index contributed by atoms with van der Waals surface area (Å²) in [5, 5.41) is 0.562. The van der Waals surface area contributed by atoms with Crippen LogP contribution in [0.2, 0.25) is 5.15 Å². The van der Waals surface area contributed by atoms with Crippen molar-refractivity contribution < 1.29 is 0 Å². The van der Waals surface area contributed by atoms with E-state index in [0.29, 0.717) is 11.2 Å². The maximum atomic E-state index is 5.77. The van der Waals surface area contributed by atoms with Gasteiger partial charge in [-0.25, -0.2) is 4.98 Å². The van der Waals surface area contributed by atoms with Gasteiger partial charge in [0.05, 0.1) is 0 Å². The molecule has 94 valence electrons. The van der Waals surface area contributed by atoms with E-state index in [1.165, 1.54) is 24.9 Å². The summed E-state index contributed by atoms with van der Waals surface area (Å²) in [7, 11) is 4.39. The van der Waals surface area contributed by atoms with E-state index < -0.39 is 0 Å². The Morgan fingerprint density at radius 1 is 1.53 bits per heavy atom. The first-order valence-electron chi connectivity index (χ1n) is 6.14. The zero-order valence-electron chi connectivity index (χ0n) is 10.6. The van der Waals surface area contributed by atoms with Gasteiger partial charge in [-0.2, -0.15) is 0 Å². The monoisotopic (exact) mass is 253 g/mol. The van der Waals surface area contributed by atoms with Crippen LogP contribution in [0, 0.1) is 0 Å². The van der Waals surface area contributed by atoms with Crippen molar-refractivity contribution in [3.63, 3.8) is 0 Å². The van der Waals surface area contributed by atoms with Crippen molar-refractivity contribution in [2.75, 3.05) is 27.2 Å². The normalized spacial score (nSPS) is 21.3. The Kier molecular flexibility index (Phi) is 4.37. The zero-order valence-corrected chi connectivity index (χ0v) is 11.3. The zero-order chi connectivity index (χ0) is 12.3. The molecule has 0 aliphatic carbocycles. The van der Waals surface area contributed by atoms with Crippen molar-refractivity contribution in [2.24, 2.45) is 0 Å². The molecule has 1 aromatic rings. The third-order valence-electron chi connectivity index (χ3n) is 3.44. The second kappa shape index (κ2) is 5.80. The van der Waals surface area contributed by atoms with Gasteiger partial charge in [-0.05, 0) is 45.1 Å². The number of rotatable bonds is 4. The highest BCUT2D eigenvalue weighted by Gasteiger charge is 2.21. The lowest BCUT2D eigenvalue weighted by molar-refractivity contribution is 0.215. The Labute approximate surface area is 108 Å². The molecule has 0 bridgehead atoms. The van der Waals surface area contributed by atoms with Crippen LogP contribution in [0.15, 0.2) is 18.3 Å². The first-order valence-corrected chi connectivity index (χ1v) is 6.52. The average molecular weight is 254 g/mol. The summed E-state index contributed by atoms with van der Waals surface area (Å²) < 4.78 is 0. The van der Waals surface area contributed by atoms with Crippen LogP contribution in [-0.2, 0) is 6.54 Å². The Hall–Kier alpha value is -0.640. The van der Waals surface area contributed by atoms with E-state index in [1.54, 1.807) is 0 Å². The molecular formula is C13H20ClN3. The van der Waals surface area contributed by atoms with Gasteiger partial charge in [-0.3, -0.25) is 0 Å². The van der Waals surface area contributed by atoms with Crippen LogP contribution in [0.5, 0.6) is 0 Å². The van der Waals surface area contributed by atoms with Gasteiger partial charge in [0.2, 0.25) is 0 Å². The second-order valence-electron chi connectivity index (χ2n) is 4.96. The van der Waals surface area contributed by atoms with E-state index in [1.807, 2.05) is 18.3 Å². The lowest BCUT2D eigenvalue weighted by Gasteiger charge is -2.25. The highest BCUT2D eigenvalue weighted by atomic mass is 35.5. The molecular weight excluding hydrogens is 234 g/mol. The summed E-state index contributed by atoms with van der Waals surface area (Å²) in [4.78, 5) is 8.92. The molecule has 0 saturated carbocycles. The summed E-state index contributed by atoms with van der Waals surface area (Å²) in [6, 6.07) is 4.61. The van der Waals surface area contributed by atoms with Crippen LogP contribution >= 0.6 is 11.6 Å². The van der Waals surface area contributed by atoms with Crippen molar-refractivity contribution in [2.45, 2.75) is 25.4 Å². The summed E-state index contributed by atoms with van der Waals surface area (Å²) in [5.74, 6) is 0. The van der Waals surface area contributed by atoms with E-state index >= 15 is 0 Å². The number of likely N-dealkylation sites (N-methyl/N-ethyl adjacent to an activating group) is 2. The van der Waals surface area contributed by atoms with E-state index in [4.69, 9.17) is 11.6 Å². The SMILES string of the molecule is CN(Cc1ccc(Cl)nc1)CC1CCCN1C. The van der Waals surface area contributed by atoms with Gasteiger partial charge in [0.15, 0.2) is 0 Å². The van der Waals surface area contributed by atoms with Crippen molar-refractivity contribution in [1.29, 1.82) is 0 Å². The molecule has 0 N–H and O–H groups in total. The maximum Gasteiger partial charge on any atom is 0.129 e. The number of nitrogens with zero attached hydrogens (tertiary/aromatic N) is 3. The molecule has 1 aliphatic heterocycles. The van der Waals surface area contributed by atoms with Gasteiger partial charge in [-0.1, -0.05) is 17.7 Å². The fourth-order valence-corrected chi connectivity index (χ4v) is 2.56. The number of hydrogen-bond donors (Lipinski definition) is 0. The number of pyridine rings is 1. The Morgan fingerprint density at radius 2 is 2.35 bits per heavy atom. The molecule has 2 rings (SSSR count). The maximum absolute atomic E-state index is 5.77. The summed E-state index contributed by atoms with van der Waals surface area (Å²) in [6.45, 7) is 3.30. The first-order chi connectivity index (χ1) is 8.15. The fraction of sp³-hybridized carbons (Fsp3) is 0.615. The molecule has 1 aromatic heterocycles. The molecule has 1 unspecified atom stereocenters. The van der Waals surface area contributed by atoms with Gasteiger partial charge in [0.25, 0.3) is 0 Å². The molecule has 1 saturated heterocycles. The third-order valence-corrected chi connectivity index (χ3v) is 3.66. The molecule has 1 aliphatic rings. The van der Waals surface area contributed by atoms with Gasteiger partial charge >= 0.3 is 0 Å². The summed E-state index contributed by atoms with van der Waals surface area (Å²) in [5.41, 5.74) is 1.22. The van der Waals surface area contributed by atoms with Crippen LogP contribution in [0.25, 0.3) is 0 Å². The highest BCUT2D eigenvalue weighted by Crippen LogP contribution is 2.16. The van der Waals surface area contributed by atoms with Crippen molar-refractivity contribution >= 4 is 11.6 Å². The molecule has 1 atom stereocenters. The van der Waals surface area contributed by atoms with Crippen molar-refractivity contribution in [1.82, 2.24) is 14.8 Å². The molecule has 0 amide bonds. The lowest BCUT2D eigenvalue weighted by atomic mass is 10.2. The molecule has 0 aromatic carbocycles. The van der Waals surface area contributed by atoms with Gasteiger partial charge in [0.1, 0.15) is 5.15 Å². The van der Waals surface area contributed by atoms with E-state index in [0.717, 1.165) is 13.1 Å². The minimum absolute atomic E-state index is 0.562. The Balaban J connectivity index is 1.84. The van der Waals surface area contributed by atoms with Gasteiger partial charge in [0, 0.05) is 25.3 Å². The fourth-order valence-electron chi connectivity index (χ4n) is 2.45. The third kappa shape index (κ3) is 3.66. The Bertz CT molecular complexity index is 352. The van der Waals surface area contributed by atoms with E-state index in [-0.39, 0.29) is 0 Å². The largest absolute Gasteiger partial charge is 0.302 e. The molecule has 2 heterocycles. The van der Waals surface area contributed by atoms with Gasteiger partial charge in [-0.15, -0.1) is 0 Å². The van der Waals surface area contributed by atoms with Crippen molar-refractivity contribution in [3.05, 3.63) is 29.0 Å². The van der Waals surface area contributed by atoms with E-state index in [9.17, 15) is 0 Å². The lowest BCUT2D eigenvalue weighted by Crippen LogP contribution is -2.36. The first kappa shape index (κ1) is 12.8. The Morgan fingerprint density at radius 3 is 2.94 bits per heavy atom. The predicted molar refractivity (Wildman–Crippen MR) is 71.2 cm³/mol. The van der Waals surface area contributed by atoms with Crippen LogP contribution < -0.4 is 0 Å². The predicted octanol–water partition coefficient (Wildman–Crippen LogP) is 2.26. The number of aromatic nitrogens is 1. The topological polar surface area (TPSA) is 19.4 Å². The van der Waals surface area contributed by atoms with Crippen LogP contribution in [0.3, 0.4) is 0 Å². The average Bonchev–Trinajstić information content (AvgIpc) is 2.68. The highest BCUT2D eigenvalue weighted by molar-refractivity contribution is 6.29. The van der Waals surface area contributed by atoms with Gasteiger partial charge < -0.3 is 9.80 Å². The molecule has 3 nitrogen and oxygen atoms in total. The summed E-state index contributed by atoms with van der Waals surface area (Å²) in [6.07, 6.45) is 4.51. The number of halogens is 1. The summed E-state index contributed by atoms with van der Waals surface area (Å²) >= 11 is 5.77. The second-order valence-corrected chi connectivity index (χ2v) is 5.35. The van der Waals surface area contributed by atoms with Crippen LogP contribution in [0.1, 0.15) is 18.4 Å². The standard InChI is InChI=1S/C13H20ClN3/c1-16(10-12-4-3-7-17(12)2)9-11-5-6-13(14)15-8-11/h5-6,8,12H,3-4,7,9-10H2,1-2H3. The quantitative estimate of drug-likeness (QED) is 0.768. The number of likely N-dealkylation sites (tertiary alicyclic amines) is 1.